The monoisotopic (exact) mass is 580 g/mol. The highest BCUT2D eigenvalue weighted by atomic mass is 16.3. The van der Waals surface area contributed by atoms with Crippen molar-refractivity contribution in [1.82, 2.24) is 15.1 Å². The summed E-state index contributed by atoms with van der Waals surface area (Å²) in [5.74, 6) is 1.10. The molecule has 4 N–H and O–H groups in total. The van der Waals surface area contributed by atoms with Crippen LogP contribution in [0.3, 0.4) is 0 Å². The van der Waals surface area contributed by atoms with Crippen LogP contribution in [0, 0.1) is 28.6 Å². The summed E-state index contributed by atoms with van der Waals surface area (Å²) in [5, 5.41) is 11.9. The average molecular weight is 581 g/mol. The predicted octanol–water partition coefficient (Wildman–Crippen LogP) is 4.98. The molecule has 8 nitrogen and oxygen atoms in total. The van der Waals surface area contributed by atoms with E-state index in [9.17, 15) is 14.4 Å². The van der Waals surface area contributed by atoms with Gasteiger partial charge in [0.15, 0.2) is 0 Å². The first kappa shape index (κ1) is 37.4. The number of hydrogen-bond donors (Lipinski definition) is 3. The zero-order chi connectivity index (χ0) is 31.1. The highest BCUT2D eigenvalue weighted by molar-refractivity contribution is 5.84. The molecule has 2 aliphatic carbocycles. The van der Waals surface area contributed by atoms with Crippen molar-refractivity contribution in [2.45, 2.75) is 119 Å². The lowest BCUT2D eigenvalue weighted by Crippen LogP contribution is -2.64. The van der Waals surface area contributed by atoms with Gasteiger partial charge < -0.3 is 26.0 Å². The molecule has 240 valence electrons. The Morgan fingerprint density at radius 1 is 0.878 bits per heavy atom. The standard InChI is InChI=1S/C13H21N3O2.C9H17NO.C7H14O.2C2H6/c1-12(2)3-8(12)11(18)16-6-13(7-16)5-15-4-9(13)10(14)17;1-2-6-9(11)10-7-4-3-5-8-10;8-6-7-4-2-1-3-5-7;2*1-2/h8-9,15H,3-7H2,1-2H3,(H2,14,17);2-8H2,1H3;7-8H,1-6H2;2*1-2H3. The number of nitrogens with zero attached hydrogens (tertiary/aromatic N) is 2. The van der Waals surface area contributed by atoms with E-state index in [-0.39, 0.29) is 34.5 Å². The van der Waals surface area contributed by atoms with Crippen molar-refractivity contribution in [3.05, 3.63) is 0 Å². The second-order valence-electron chi connectivity index (χ2n) is 12.8. The van der Waals surface area contributed by atoms with Crippen LogP contribution in [0.25, 0.3) is 0 Å². The molecule has 5 fully saturated rings. The normalized spacial score (nSPS) is 25.4. The third kappa shape index (κ3) is 11.2. The third-order valence-electron chi connectivity index (χ3n) is 9.20. The molecule has 8 heteroatoms. The van der Waals surface area contributed by atoms with Crippen molar-refractivity contribution in [3.8, 4) is 0 Å². The molecule has 0 radical (unpaired) electrons. The average Bonchev–Trinajstić information content (AvgIpc) is 3.40. The van der Waals surface area contributed by atoms with Crippen LogP contribution in [0.2, 0.25) is 0 Å². The van der Waals surface area contributed by atoms with Gasteiger partial charge in [-0.3, -0.25) is 14.4 Å². The van der Waals surface area contributed by atoms with Gasteiger partial charge in [0.05, 0.1) is 5.92 Å². The van der Waals surface area contributed by atoms with Gasteiger partial charge in [0.25, 0.3) is 0 Å². The summed E-state index contributed by atoms with van der Waals surface area (Å²) in [6.45, 7) is 19.6. The predicted molar refractivity (Wildman–Crippen MR) is 168 cm³/mol. The van der Waals surface area contributed by atoms with Crippen LogP contribution in [0.5, 0.6) is 0 Å². The Bertz CT molecular complexity index is 769. The number of aliphatic hydroxyl groups is 1. The summed E-state index contributed by atoms with van der Waals surface area (Å²) in [5.41, 5.74) is 5.53. The fourth-order valence-corrected chi connectivity index (χ4v) is 6.40. The van der Waals surface area contributed by atoms with E-state index in [1.54, 1.807) is 0 Å². The molecule has 0 aromatic carbocycles. The molecule has 5 rings (SSSR count). The van der Waals surface area contributed by atoms with Crippen LogP contribution < -0.4 is 11.1 Å². The van der Waals surface area contributed by atoms with Gasteiger partial charge in [-0.05, 0) is 56.3 Å². The highest BCUT2D eigenvalue weighted by Gasteiger charge is 2.59. The number of aliphatic hydroxyl groups excluding tert-OH is 1. The number of likely N-dealkylation sites (tertiary alicyclic amines) is 2. The van der Waals surface area contributed by atoms with Crippen molar-refractivity contribution < 1.29 is 19.5 Å². The minimum absolute atomic E-state index is 0.0828. The summed E-state index contributed by atoms with van der Waals surface area (Å²) in [6.07, 6.45) is 13.0. The van der Waals surface area contributed by atoms with Gasteiger partial charge in [-0.15, -0.1) is 0 Å². The van der Waals surface area contributed by atoms with Crippen molar-refractivity contribution in [2.75, 3.05) is 45.9 Å². The van der Waals surface area contributed by atoms with E-state index in [1.807, 2.05) is 37.5 Å². The van der Waals surface area contributed by atoms with E-state index < -0.39 is 0 Å². The van der Waals surface area contributed by atoms with Gasteiger partial charge in [-0.2, -0.15) is 0 Å². The highest BCUT2D eigenvalue weighted by Crippen LogP contribution is 2.54. The number of rotatable bonds is 5. The Kier molecular flexibility index (Phi) is 17.1. The maximum absolute atomic E-state index is 12.2. The smallest absolute Gasteiger partial charge is 0.226 e. The number of piperidine rings is 1. The Morgan fingerprint density at radius 3 is 1.85 bits per heavy atom. The molecule has 0 bridgehead atoms. The summed E-state index contributed by atoms with van der Waals surface area (Å²) < 4.78 is 0. The quantitative estimate of drug-likeness (QED) is 0.424. The van der Waals surface area contributed by atoms with E-state index >= 15 is 0 Å². The summed E-state index contributed by atoms with van der Waals surface area (Å²) in [6, 6.07) is 0. The first-order chi connectivity index (χ1) is 19.6. The van der Waals surface area contributed by atoms with Gasteiger partial charge in [-0.1, -0.05) is 67.7 Å². The lowest BCUT2D eigenvalue weighted by Gasteiger charge is -2.50. The van der Waals surface area contributed by atoms with Crippen molar-refractivity contribution in [3.63, 3.8) is 0 Å². The van der Waals surface area contributed by atoms with E-state index in [1.165, 1.54) is 51.4 Å². The molecule has 3 amide bonds. The van der Waals surface area contributed by atoms with Crippen LogP contribution in [0.15, 0.2) is 0 Å². The minimum Gasteiger partial charge on any atom is -0.396 e. The zero-order valence-electron chi connectivity index (χ0n) is 27.6. The lowest BCUT2D eigenvalue weighted by molar-refractivity contribution is -0.150. The van der Waals surface area contributed by atoms with Gasteiger partial charge in [0, 0.05) is 63.6 Å². The van der Waals surface area contributed by atoms with Crippen molar-refractivity contribution in [2.24, 2.45) is 34.3 Å². The van der Waals surface area contributed by atoms with Gasteiger partial charge in [0.1, 0.15) is 0 Å². The maximum Gasteiger partial charge on any atom is 0.226 e. The number of carbonyl (C=O) groups excluding carboxylic acids is 3. The van der Waals surface area contributed by atoms with Crippen LogP contribution in [0.1, 0.15) is 119 Å². The van der Waals surface area contributed by atoms with Crippen LogP contribution in [-0.2, 0) is 14.4 Å². The molecule has 0 aromatic heterocycles. The minimum atomic E-state index is -0.237. The second kappa shape index (κ2) is 18.8. The molecular weight excluding hydrogens is 516 g/mol. The van der Waals surface area contributed by atoms with Gasteiger partial charge in [0.2, 0.25) is 17.7 Å². The number of nitrogens with two attached hydrogens (primary N) is 1. The van der Waals surface area contributed by atoms with Crippen LogP contribution in [-0.4, -0.2) is 78.5 Å². The van der Waals surface area contributed by atoms with Gasteiger partial charge >= 0.3 is 0 Å². The first-order valence-corrected chi connectivity index (χ1v) is 16.8. The lowest BCUT2D eigenvalue weighted by atomic mass is 9.71. The van der Waals surface area contributed by atoms with E-state index in [2.05, 4.69) is 26.1 Å². The summed E-state index contributed by atoms with van der Waals surface area (Å²) in [4.78, 5) is 38.9. The third-order valence-corrected chi connectivity index (χ3v) is 9.20. The molecular formula is C33H64N4O4. The molecule has 2 atom stereocenters. The van der Waals surface area contributed by atoms with Crippen molar-refractivity contribution >= 4 is 17.7 Å². The molecule has 3 aliphatic heterocycles. The fraction of sp³-hybridized carbons (Fsp3) is 0.909. The summed E-state index contributed by atoms with van der Waals surface area (Å²) >= 11 is 0. The molecule has 1 spiro atoms. The molecule has 3 saturated heterocycles. The Labute approximate surface area is 251 Å². The SMILES string of the molecule is CC.CC.CC1(C)CC1C(=O)N1CC2(CNCC2C(N)=O)C1.CCCC(=O)N1CCCCC1.OCC1CCCCC1. The number of carbonyl (C=O) groups is 3. The molecule has 41 heavy (non-hydrogen) atoms. The van der Waals surface area contributed by atoms with E-state index in [0.29, 0.717) is 38.1 Å². The first-order valence-electron chi connectivity index (χ1n) is 16.8. The second-order valence-corrected chi connectivity index (χ2v) is 12.8. The molecule has 3 heterocycles. The Hall–Kier alpha value is -1.67. The van der Waals surface area contributed by atoms with E-state index in [0.717, 1.165) is 38.9 Å². The Balaban J connectivity index is 0.000000314. The maximum atomic E-state index is 12.2. The molecule has 0 aromatic rings. The van der Waals surface area contributed by atoms with Crippen molar-refractivity contribution in [1.29, 1.82) is 0 Å². The van der Waals surface area contributed by atoms with Gasteiger partial charge in [-0.25, -0.2) is 0 Å². The van der Waals surface area contributed by atoms with E-state index in [4.69, 9.17) is 10.8 Å². The number of amides is 3. The molecule has 2 unspecified atom stereocenters. The molecule has 5 aliphatic rings. The summed E-state index contributed by atoms with van der Waals surface area (Å²) in [7, 11) is 0. The number of nitrogens with one attached hydrogen (secondary N) is 1. The zero-order valence-corrected chi connectivity index (χ0v) is 27.6. The number of hydrogen-bond acceptors (Lipinski definition) is 5. The van der Waals surface area contributed by atoms with Crippen LogP contribution in [0.4, 0.5) is 0 Å². The van der Waals surface area contributed by atoms with Crippen LogP contribution >= 0.6 is 0 Å². The number of primary amides is 1. The fourth-order valence-electron chi connectivity index (χ4n) is 6.40. The Morgan fingerprint density at radius 2 is 1.41 bits per heavy atom. The molecule has 2 saturated carbocycles. The largest absolute Gasteiger partial charge is 0.396 e. The topological polar surface area (TPSA) is 116 Å².